The summed E-state index contributed by atoms with van der Waals surface area (Å²) in [5.41, 5.74) is 2.97. The maximum atomic E-state index is 5.45. The minimum absolute atomic E-state index is 0.527. The topological polar surface area (TPSA) is 39.9 Å². The van der Waals surface area contributed by atoms with Gasteiger partial charge in [0.05, 0.1) is 30.1 Å². The highest BCUT2D eigenvalue weighted by Gasteiger charge is 2.07. The molecule has 118 valence electrons. The zero-order chi connectivity index (χ0) is 16.2. The zero-order valence-electron chi connectivity index (χ0n) is 13.0. The second-order valence-electron chi connectivity index (χ2n) is 5.33. The van der Waals surface area contributed by atoms with Gasteiger partial charge >= 0.3 is 0 Å². The molecule has 0 unspecified atom stereocenters. The number of para-hydroxylation sites is 1. The van der Waals surface area contributed by atoms with Gasteiger partial charge < -0.3 is 9.30 Å². The highest BCUT2D eigenvalue weighted by atomic mass is 32.1. The van der Waals surface area contributed by atoms with E-state index in [9.17, 15) is 0 Å². The Bertz CT molecular complexity index is 1030. The molecule has 0 aliphatic rings. The van der Waals surface area contributed by atoms with Gasteiger partial charge in [-0.05, 0) is 17.5 Å². The first kappa shape index (κ1) is 14.7. The van der Waals surface area contributed by atoms with E-state index in [0.29, 0.717) is 13.2 Å². The minimum Gasteiger partial charge on any atom is -0.445 e. The van der Waals surface area contributed by atoms with Crippen molar-refractivity contribution in [2.24, 2.45) is 0 Å². The molecule has 3 aromatic heterocycles. The Morgan fingerprint density at radius 2 is 2.04 bits per heavy atom. The molecular weight excluding hydrogens is 318 g/mol. The number of pyridine rings is 1. The normalized spacial score (nSPS) is 10.7. The monoisotopic (exact) mass is 333 g/mol. The maximum Gasteiger partial charge on any atom is 0.118 e. The highest BCUT2D eigenvalue weighted by Crippen LogP contribution is 2.22. The molecule has 3 heterocycles. The van der Waals surface area contributed by atoms with E-state index in [1.807, 2.05) is 36.8 Å². The van der Waals surface area contributed by atoms with Gasteiger partial charge in [-0.1, -0.05) is 30.2 Å². The van der Waals surface area contributed by atoms with Crippen LogP contribution in [0.25, 0.3) is 21.9 Å². The number of hydrogen-bond acceptors (Lipinski definition) is 4. The van der Waals surface area contributed by atoms with Gasteiger partial charge in [0.1, 0.15) is 18.2 Å². The van der Waals surface area contributed by atoms with Gasteiger partial charge in [0.25, 0.3) is 0 Å². The molecule has 0 bridgehead atoms. The molecule has 24 heavy (non-hydrogen) atoms. The molecule has 5 heteroatoms. The van der Waals surface area contributed by atoms with Gasteiger partial charge in [0.15, 0.2) is 0 Å². The van der Waals surface area contributed by atoms with Crippen LogP contribution >= 0.6 is 11.3 Å². The van der Waals surface area contributed by atoms with E-state index in [1.165, 1.54) is 4.88 Å². The molecule has 0 N–H and O–H groups in total. The van der Waals surface area contributed by atoms with Crippen LogP contribution in [0.4, 0.5) is 0 Å². The third kappa shape index (κ3) is 2.97. The average molecular weight is 333 g/mol. The lowest BCUT2D eigenvalue weighted by atomic mass is 10.2. The van der Waals surface area contributed by atoms with Crippen LogP contribution in [0.1, 0.15) is 4.88 Å². The Labute approximate surface area is 143 Å². The van der Waals surface area contributed by atoms with E-state index in [-0.39, 0.29) is 0 Å². The van der Waals surface area contributed by atoms with E-state index in [1.54, 1.807) is 11.3 Å². The molecule has 0 aliphatic carbocycles. The van der Waals surface area contributed by atoms with Crippen molar-refractivity contribution < 1.29 is 4.74 Å². The van der Waals surface area contributed by atoms with E-state index >= 15 is 0 Å². The van der Waals surface area contributed by atoms with Crippen molar-refractivity contribution in [2.75, 3.05) is 6.61 Å². The summed E-state index contributed by atoms with van der Waals surface area (Å²) in [6, 6.07) is 12.2. The molecule has 1 aromatic carbocycles. The molecule has 0 fully saturated rings. The molecule has 0 saturated heterocycles. The number of benzene rings is 1. The molecule has 0 radical (unpaired) electrons. The molecular formula is C19H15N3OS. The van der Waals surface area contributed by atoms with Crippen molar-refractivity contribution >= 4 is 33.3 Å². The summed E-state index contributed by atoms with van der Waals surface area (Å²) in [5, 5.41) is 3.16. The van der Waals surface area contributed by atoms with Crippen molar-refractivity contribution in [3.05, 3.63) is 59.2 Å². The molecule has 4 rings (SSSR count). The van der Waals surface area contributed by atoms with Crippen molar-refractivity contribution in [3.8, 4) is 12.0 Å². The number of aromatic nitrogens is 3. The standard InChI is InChI=1S/C19H15N3OS/c1-2-8-17-16(7-1)19-18(13-20-17)21-14-22(19)9-11-23-10-3-5-15-6-4-12-24-15/h1-2,4,6-8,12-14H,5,9,11H2. The zero-order valence-corrected chi connectivity index (χ0v) is 13.8. The summed E-state index contributed by atoms with van der Waals surface area (Å²) >= 11 is 1.71. The Balaban J connectivity index is 1.45. The second kappa shape index (κ2) is 6.73. The van der Waals surface area contributed by atoms with E-state index < -0.39 is 0 Å². The first-order valence-corrected chi connectivity index (χ1v) is 8.60. The van der Waals surface area contributed by atoms with Crippen molar-refractivity contribution in [2.45, 2.75) is 13.0 Å². The van der Waals surface area contributed by atoms with E-state index in [0.717, 1.165) is 28.4 Å². The summed E-state index contributed by atoms with van der Waals surface area (Å²) in [7, 11) is 0. The fraction of sp³-hybridized carbons (Fsp3) is 0.158. The molecule has 0 spiro atoms. The predicted octanol–water partition coefficient (Wildman–Crippen LogP) is 3.87. The van der Waals surface area contributed by atoms with Crippen LogP contribution in [-0.4, -0.2) is 21.1 Å². The number of nitrogens with zero attached hydrogens (tertiary/aromatic N) is 3. The van der Waals surface area contributed by atoms with Crippen molar-refractivity contribution in [3.63, 3.8) is 0 Å². The van der Waals surface area contributed by atoms with Crippen molar-refractivity contribution in [1.29, 1.82) is 0 Å². The highest BCUT2D eigenvalue weighted by molar-refractivity contribution is 7.09. The molecule has 4 nitrogen and oxygen atoms in total. The Morgan fingerprint density at radius 3 is 2.96 bits per heavy atom. The van der Waals surface area contributed by atoms with Gasteiger partial charge in [-0.3, -0.25) is 4.98 Å². The largest absolute Gasteiger partial charge is 0.445 e. The van der Waals surface area contributed by atoms with Crippen LogP contribution < -0.4 is 0 Å². The Kier molecular flexibility index (Phi) is 4.13. The van der Waals surface area contributed by atoms with Crippen LogP contribution in [-0.2, 0) is 17.7 Å². The SMILES string of the molecule is C(#COCCn1cnc2cnc3ccccc3c21)Cc1cccs1. The minimum atomic E-state index is 0.527. The Hall–Kier alpha value is -2.84. The number of thiophene rings is 1. The van der Waals surface area contributed by atoms with Gasteiger partial charge in [-0.15, -0.1) is 11.3 Å². The van der Waals surface area contributed by atoms with Crippen LogP contribution in [0.3, 0.4) is 0 Å². The van der Waals surface area contributed by atoms with Crippen LogP contribution in [0.15, 0.2) is 54.3 Å². The quantitative estimate of drug-likeness (QED) is 0.420. The van der Waals surface area contributed by atoms with Crippen LogP contribution in [0.5, 0.6) is 0 Å². The lowest BCUT2D eigenvalue weighted by Crippen LogP contribution is -2.03. The number of hydrogen-bond donors (Lipinski definition) is 0. The van der Waals surface area contributed by atoms with Gasteiger partial charge in [0, 0.05) is 16.7 Å². The molecule has 0 amide bonds. The third-order valence-corrected chi connectivity index (χ3v) is 4.65. The fourth-order valence-electron chi connectivity index (χ4n) is 2.65. The lowest BCUT2D eigenvalue weighted by molar-refractivity contribution is 0.262. The molecule has 0 atom stereocenters. The maximum absolute atomic E-state index is 5.45. The first-order chi connectivity index (χ1) is 11.9. The lowest BCUT2D eigenvalue weighted by Gasteiger charge is -2.05. The smallest absolute Gasteiger partial charge is 0.118 e. The van der Waals surface area contributed by atoms with Gasteiger partial charge in [0.2, 0.25) is 0 Å². The number of fused-ring (bicyclic) bond motifs is 3. The molecule has 4 aromatic rings. The first-order valence-electron chi connectivity index (χ1n) is 7.72. The van der Waals surface area contributed by atoms with Crippen LogP contribution in [0.2, 0.25) is 0 Å². The fourth-order valence-corrected chi connectivity index (χ4v) is 3.30. The van der Waals surface area contributed by atoms with Gasteiger partial charge in [-0.2, -0.15) is 0 Å². The summed E-state index contributed by atoms with van der Waals surface area (Å²) in [6.45, 7) is 1.23. The summed E-state index contributed by atoms with van der Waals surface area (Å²) in [4.78, 5) is 10.1. The summed E-state index contributed by atoms with van der Waals surface area (Å²) in [6.07, 6.45) is 7.17. The predicted molar refractivity (Wildman–Crippen MR) is 96.8 cm³/mol. The molecule has 0 aliphatic heterocycles. The Morgan fingerprint density at radius 1 is 1.08 bits per heavy atom. The number of imidazole rings is 1. The third-order valence-electron chi connectivity index (χ3n) is 3.77. The second-order valence-corrected chi connectivity index (χ2v) is 6.36. The van der Waals surface area contributed by atoms with Gasteiger partial charge in [-0.25, -0.2) is 4.98 Å². The number of rotatable bonds is 4. The summed E-state index contributed by atoms with van der Waals surface area (Å²) < 4.78 is 7.54. The summed E-state index contributed by atoms with van der Waals surface area (Å²) in [5.74, 6) is 3.04. The molecule has 0 saturated carbocycles. The van der Waals surface area contributed by atoms with Crippen LogP contribution in [0, 0.1) is 12.0 Å². The van der Waals surface area contributed by atoms with Crippen molar-refractivity contribution in [1.82, 2.24) is 14.5 Å². The number of ether oxygens (including phenoxy) is 1. The van der Waals surface area contributed by atoms with E-state index in [4.69, 9.17) is 4.74 Å². The average Bonchev–Trinajstić information content (AvgIpc) is 3.28. The van der Waals surface area contributed by atoms with E-state index in [2.05, 4.69) is 44.1 Å².